The molecule has 0 spiro atoms. The third kappa shape index (κ3) is 1.65. The fourth-order valence-electron chi connectivity index (χ4n) is 0.672. The van der Waals surface area contributed by atoms with Crippen molar-refractivity contribution < 1.29 is 14.0 Å². The van der Waals surface area contributed by atoms with Gasteiger partial charge >= 0.3 is 7.60 Å². The highest BCUT2D eigenvalue weighted by Crippen LogP contribution is 2.53. The minimum Gasteiger partial charge on any atom is -0.321 e. The Hall–Kier alpha value is -0.110. The van der Waals surface area contributed by atoms with Crippen molar-refractivity contribution in [3.05, 3.63) is 11.9 Å². The van der Waals surface area contributed by atoms with Gasteiger partial charge in [0.1, 0.15) is 0 Å². The van der Waals surface area contributed by atoms with Gasteiger partial charge in [-0.1, -0.05) is 0 Å². The summed E-state index contributed by atoms with van der Waals surface area (Å²) < 4.78 is 15.4. The van der Waals surface area contributed by atoms with Crippen molar-refractivity contribution in [3.63, 3.8) is 0 Å². The van der Waals surface area contributed by atoms with Crippen molar-refractivity contribution in [2.45, 2.75) is 19.4 Å². The molecule has 0 aliphatic carbocycles. The van der Waals surface area contributed by atoms with E-state index in [-0.39, 0.29) is 0 Å². The van der Waals surface area contributed by atoms with Gasteiger partial charge in [-0.2, -0.15) is 0 Å². The standard InChI is InChI=1S/C5H9O3P/c1-5(2)3-4-9(6,7)8-5/h3-4H,1-2H3,(H,6,7). The summed E-state index contributed by atoms with van der Waals surface area (Å²) in [6.45, 7) is 3.47. The monoisotopic (exact) mass is 148 g/mol. The van der Waals surface area contributed by atoms with Crippen LogP contribution in [0.5, 0.6) is 0 Å². The van der Waals surface area contributed by atoms with E-state index in [0.29, 0.717) is 0 Å². The van der Waals surface area contributed by atoms with E-state index in [4.69, 9.17) is 9.42 Å². The van der Waals surface area contributed by atoms with Crippen LogP contribution in [-0.2, 0) is 9.09 Å². The Bertz CT molecular complexity index is 194. The van der Waals surface area contributed by atoms with Gasteiger partial charge in [0.15, 0.2) is 0 Å². The second kappa shape index (κ2) is 1.69. The first-order valence-electron chi connectivity index (χ1n) is 2.65. The first-order valence-corrected chi connectivity index (χ1v) is 4.30. The highest BCUT2D eigenvalue weighted by Gasteiger charge is 2.32. The summed E-state index contributed by atoms with van der Waals surface area (Å²) >= 11 is 0. The van der Waals surface area contributed by atoms with Gasteiger partial charge in [-0.3, -0.25) is 9.09 Å². The molecule has 0 saturated carbocycles. The Morgan fingerprint density at radius 2 is 2.22 bits per heavy atom. The molecule has 1 aliphatic rings. The summed E-state index contributed by atoms with van der Waals surface area (Å²) in [5.74, 6) is 1.22. The molecule has 4 heteroatoms. The normalized spacial score (nSPS) is 39.4. The fourth-order valence-corrected chi connectivity index (χ4v) is 2.01. The van der Waals surface area contributed by atoms with E-state index in [1.54, 1.807) is 19.9 Å². The molecule has 1 N–H and O–H groups in total. The summed E-state index contributed by atoms with van der Waals surface area (Å²) in [6, 6.07) is 0. The molecule has 1 rings (SSSR count). The third-order valence-electron chi connectivity index (χ3n) is 1.03. The average Bonchev–Trinajstić information content (AvgIpc) is 1.78. The van der Waals surface area contributed by atoms with E-state index in [9.17, 15) is 4.57 Å². The lowest BCUT2D eigenvalue weighted by atomic mass is 10.1. The molecule has 0 saturated heterocycles. The molecule has 1 heterocycles. The van der Waals surface area contributed by atoms with Crippen molar-refractivity contribution >= 4 is 7.60 Å². The lowest BCUT2D eigenvalue weighted by molar-refractivity contribution is 0.155. The number of hydrogen-bond acceptors (Lipinski definition) is 2. The van der Waals surface area contributed by atoms with Gasteiger partial charge in [-0.15, -0.1) is 0 Å². The second-order valence-corrected chi connectivity index (χ2v) is 4.18. The van der Waals surface area contributed by atoms with Crippen LogP contribution in [0.4, 0.5) is 0 Å². The molecule has 0 aromatic carbocycles. The maximum atomic E-state index is 10.7. The minimum atomic E-state index is -3.35. The summed E-state index contributed by atoms with van der Waals surface area (Å²) in [5.41, 5.74) is -0.565. The molecule has 0 aromatic heterocycles. The molecule has 0 radical (unpaired) electrons. The Kier molecular flexibility index (Phi) is 1.31. The van der Waals surface area contributed by atoms with Crippen molar-refractivity contribution in [3.8, 4) is 0 Å². The summed E-state index contributed by atoms with van der Waals surface area (Å²) in [5, 5.41) is 0. The average molecular weight is 148 g/mol. The Morgan fingerprint density at radius 3 is 2.33 bits per heavy atom. The first-order chi connectivity index (χ1) is 3.91. The minimum absolute atomic E-state index is 0.565. The van der Waals surface area contributed by atoms with E-state index < -0.39 is 13.2 Å². The van der Waals surface area contributed by atoms with Gasteiger partial charge in [0.25, 0.3) is 0 Å². The summed E-state index contributed by atoms with van der Waals surface area (Å²) in [7, 11) is -3.35. The molecule has 1 unspecified atom stereocenters. The topological polar surface area (TPSA) is 46.5 Å². The van der Waals surface area contributed by atoms with Crippen LogP contribution in [0.25, 0.3) is 0 Å². The lowest BCUT2D eigenvalue weighted by Crippen LogP contribution is -2.14. The zero-order chi connectivity index (χ0) is 7.12. The predicted molar refractivity (Wildman–Crippen MR) is 34.1 cm³/mol. The quantitative estimate of drug-likeness (QED) is 0.529. The van der Waals surface area contributed by atoms with Crippen LogP contribution in [0.1, 0.15) is 13.8 Å². The molecule has 3 nitrogen and oxygen atoms in total. The summed E-state index contributed by atoms with van der Waals surface area (Å²) in [6.07, 6.45) is 1.59. The number of hydrogen-bond donors (Lipinski definition) is 1. The molecule has 0 amide bonds. The van der Waals surface area contributed by atoms with Gasteiger partial charge in [0.05, 0.1) is 5.60 Å². The van der Waals surface area contributed by atoms with E-state index in [1.165, 1.54) is 5.82 Å². The predicted octanol–water partition coefficient (Wildman–Crippen LogP) is 1.49. The molecular weight excluding hydrogens is 139 g/mol. The summed E-state index contributed by atoms with van der Waals surface area (Å²) in [4.78, 5) is 8.78. The third-order valence-corrected chi connectivity index (χ3v) is 2.29. The van der Waals surface area contributed by atoms with Crippen LogP contribution >= 0.6 is 7.60 Å². The maximum absolute atomic E-state index is 10.7. The van der Waals surface area contributed by atoms with Gasteiger partial charge < -0.3 is 4.89 Å². The number of rotatable bonds is 0. The lowest BCUT2D eigenvalue weighted by Gasteiger charge is -2.14. The molecule has 52 valence electrons. The smallest absolute Gasteiger partial charge is 0.321 e. The van der Waals surface area contributed by atoms with Crippen molar-refractivity contribution in [2.24, 2.45) is 0 Å². The van der Waals surface area contributed by atoms with E-state index in [2.05, 4.69) is 0 Å². The molecule has 0 fully saturated rings. The van der Waals surface area contributed by atoms with Crippen LogP contribution in [0.3, 0.4) is 0 Å². The zero-order valence-corrected chi connectivity index (χ0v) is 6.26. The van der Waals surface area contributed by atoms with Crippen LogP contribution in [0.15, 0.2) is 11.9 Å². The highest BCUT2D eigenvalue weighted by molar-refractivity contribution is 7.56. The van der Waals surface area contributed by atoms with Crippen LogP contribution in [0.2, 0.25) is 0 Å². The zero-order valence-electron chi connectivity index (χ0n) is 5.37. The Labute approximate surface area is 53.9 Å². The van der Waals surface area contributed by atoms with Crippen molar-refractivity contribution in [1.82, 2.24) is 0 Å². The molecule has 0 aromatic rings. The van der Waals surface area contributed by atoms with Crippen LogP contribution in [0, 0.1) is 0 Å². The SMILES string of the molecule is CC1(C)C=CP(=O)(O)O1. The van der Waals surface area contributed by atoms with Gasteiger partial charge in [-0.05, 0) is 19.9 Å². The van der Waals surface area contributed by atoms with E-state index >= 15 is 0 Å². The molecule has 9 heavy (non-hydrogen) atoms. The van der Waals surface area contributed by atoms with Crippen LogP contribution < -0.4 is 0 Å². The molecule has 1 atom stereocenters. The largest absolute Gasteiger partial charge is 0.352 e. The van der Waals surface area contributed by atoms with Gasteiger partial charge in [-0.25, -0.2) is 0 Å². The maximum Gasteiger partial charge on any atom is 0.352 e. The van der Waals surface area contributed by atoms with E-state index in [0.717, 1.165) is 0 Å². The Balaban J connectivity index is 2.84. The fraction of sp³-hybridized carbons (Fsp3) is 0.600. The molecule has 1 aliphatic heterocycles. The molecular formula is C5H9O3P. The van der Waals surface area contributed by atoms with E-state index in [1.807, 2.05) is 0 Å². The van der Waals surface area contributed by atoms with Crippen molar-refractivity contribution in [1.29, 1.82) is 0 Å². The molecule has 0 bridgehead atoms. The first kappa shape index (κ1) is 7.00. The van der Waals surface area contributed by atoms with Gasteiger partial charge in [0.2, 0.25) is 0 Å². The highest BCUT2D eigenvalue weighted by atomic mass is 31.2. The van der Waals surface area contributed by atoms with Crippen LogP contribution in [-0.4, -0.2) is 10.5 Å². The Morgan fingerprint density at radius 1 is 1.67 bits per heavy atom. The van der Waals surface area contributed by atoms with Crippen molar-refractivity contribution in [2.75, 3.05) is 0 Å². The second-order valence-electron chi connectivity index (χ2n) is 2.57. The van der Waals surface area contributed by atoms with Gasteiger partial charge in [0, 0.05) is 5.82 Å².